The highest BCUT2D eigenvalue weighted by atomic mass is 16.5. The van der Waals surface area contributed by atoms with E-state index in [1.165, 1.54) is 22.8 Å². The van der Waals surface area contributed by atoms with E-state index in [2.05, 4.69) is 60.5 Å². The highest BCUT2D eigenvalue weighted by Crippen LogP contribution is 2.38. The van der Waals surface area contributed by atoms with Crippen LogP contribution in [0.4, 0.5) is 0 Å². The van der Waals surface area contributed by atoms with E-state index in [4.69, 9.17) is 4.74 Å². The monoisotopic (exact) mass is 312 g/mol. The highest BCUT2D eigenvalue weighted by molar-refractivity contribution is 5.91. The van der Waals surface area contributed by atoms with Gasteiger partial charge < -0.3 is 10.1 Å². The predicted molar refractivity (Wildman–Crippen MR) is 97.1 cm³/mol. The Kier molecular flexibility index (Phi) is 5.19. The van der Waals surface area contributed by atoms with Crippen molar-refractivity contribution < 1.29 is 4.74 Å². The maximum atomic E-state index is 5.57. The number of ether oxygens (including phenoxy) is 1. The Morgan fingerprint density at radius 3 is 2.43 bits per heavy atom. The molecular formula is C20H28N2O. The number of hydrogen-bond acceptors (Lipinski definition) is 3. The van der Waals surface area contributed by atoms with Crippen LogP contribution in [0.25, 0.3) is 10.8 Å². The molecule has 0 amide bonds. The second kappa shape index (κ2) is 7.33. The molecule has 1 aliphatic heterocycles. The largest absolute Gasteiger partial charge is 0.496 e. The van der Waals surface area contributed by atoms with Gasteiger partial charge in [0.2, 0.25) is 0 Å². The van der Waals surface area contributed by atoms with E-state index < -0.39 is 0 Å². The fourth-order valence-corrected chi connectivity index (χ4v) is 3.78. The number of nitrogens with zero attached hydrogens (tertiary/aromatic N) is 1. The highest BCUT2D eigenvalue weighted by Gasteiger charge is 2.28. The molecule has 124 valence electrons. The van der Waals surface area contributed by atoms with Crippen molar-refractivity contribution in [3.05, 3.63) is 42.0 Å². The van der Waals surface area contributed by atoms with Crippen LogP contribution in [0.1, 0.15) is 31.9 Å². The van der Waals surface area contributed by atoms with Crippen molar-refractivity contribution in [3.8, 4) is 5.75 Å². The van der Waals surface area contributed by atoms with Gasteiger partial charge in [-0.1, -0.05) is 50.6 Å². The van der Waals surface area contributed by atoms with Gasteiger partial charge in [-0.25, -0.2) is 0 Å². The van der Waals surface area contributed by atoms with Crippen molar-refractivity contribution in [2.75, 3.05) is 33.3 Å². The van der Waals surface area contributed by atoms with Crippen LogP contribution in [0.2, 0.25) is 0 Å². The third kappa shape index (κ3) is 3.22. The molecule has 0 aromatic heterocycles. The molecule has 0 saturated carbocycles. The van der Waals surface area contributed by atoms with Crippen LogP contribution in [0.3, 0.4) is 0 Å². The minimum Gasteiger partial charge on any atom is -0.496 e. The molecule has 0 spiro atoms. The van der Waals surface area contributed by atoms with Gasteiger partial charge >= 0.3 is 0 Å². The first-order chi connectivity index (χ1) is 11.3. The van der Waals surface area contributed by atoms with E-state index in [0.717, 1.165) is 31.9 Å². The average Bonchev–Trinajstić information content (AvgIpc) is 2.62. The van der Waals surface area contributed by atoms with Crippen molar-refractivity contribution in [1.29, 1.82) is 0 Å². The van der Waals surface area contributed by atoms with Gasteiger partial charge in [-0.3, -0.25) is 4.90 Å². The smallest absolute Gasteiger partial charge is 0.126 e. The fraction of sp³-hybridized carbons (Fsp3) is 0.500. The summed E-state index contributed by atoms with van der Waals surface area (Å²) in [7, 11) is 1.75. The molecule has 1 unspecified atom stereocenters. The second-order valence-corrected chi connectivity index (χ2v) is 6.52. The lowest BCUT2D eigenvalue weighted by molar-refractivity contribution is 0.129. The number of fused-ring (bicyclic) bond motifs is 1. The molecule has 0 bridgehead atoms. The Labute approximate surface area is 139 Å². The molecule has 1 saturated heterocycles. The number of piperazine rings is 1. The lowest BCUT2D eigenvalue weighted by Crippen LogP contribution is -2.46. The van der Waals surface area contributed by atoms with Gasteiger partial charge in [0.05, 0.1) is 7.11 Å². The molecule has 2 aromatic rings. The molecule has 1 heterocycles. The maximum absolute atomic E-state index is 5.57. The lowest BCUT2D eigenvalue weighted by atomic mass is 9.87. The Morgan fingerprint density at radius 2 is 1.78 bits per heavy atom. The number of rotatable bonds is 5. The van der Waals surface area contributed by atoms with Crippen LogP contribution in [-0.4, -0.2) is 38.2 Å². The molecular weight excluding hydrogens is 284 g/mol. The summed E-state index contributed by atoms with van der Waals surface area (Å²) in [5.74, 6) is 1.59. The summed E-state index contributed by atoms with van der Waals surface area (Å²) < 4.78 is 5.57. The summed E-state index contributed by atoms with van der Waals surface area (Å²) in [5, 5.41) is 6.02. The van der Waals surface area contributed by atoms with Gasteiger partial charge in [0, 0.05) is 37.6 Å². The molecule has 1 aliphatic rings. The third-order valence-electron chi connectivity index (χ3n) is 5.18. The van der Waals surface area contributed by atoms with E-state index in [0.29, 0.717) is 12.0 Å². The topological polar surface area (TPSA) is 24.5 Å². The Balaban J connectivity index is 2.10. The number of hydrogen-bond donors (Lipinski definition) is 1. The molecule has 3 nitrogen and oxygen atoms in total. The van der Waals surface area contributed by atoms with Crippen LogP contribution in [0.5, 0.6) is 5.75 Å². The zero-order chi connectivity index (χ0) is 16.2. The van der Waals surface area contributed by atoms with Gasteiger partial charge in [-0.05, 0) is 22.9 Å². The van der Waals surface area contributed by atoms with E-state index >= 15 is 0 Å². The lowest BCUT2D eigenvalue weighted by Gasteiger charge is -2.39. The first kappa shape index (κ1) is 16.3. The van der Waals surface area contributed by atoms with Gasteiger partial charge in [0.25, 0.3) is 0 Å². The van der Waals surface area contributed by atoms with E-state index in [1.807, 2.05) is 0 Å². The average molecular weight is 312 g/mol. The minimum atomic E-state index is 0.470. The summed E-state index contributed by atoms with van der Waals surface area (Å²) in [6.07, 6.45) is 1.19. The van der Waals surface area contributed by atoms with Crippen LogP contribution in [0, 0.1) is 5.92 Å². The minimum absolute atomic E-state index is 0.470. The van der Waals surface area contributed by atoms with Crippen molar-refractivity contribution in [1.82, 2.24) is 10.2 Å². The molecule has 3 rings (SSSR count). The summed E-state index contributed by atoms with van der Waals surface area (Å²) in [6.45, 7) is 9.09. The summed E-state index contributed by atoms with van der Waals surface area (Å²) in [6, 6.07) is 13.5. The zero-order valence-corrected chi connectivity index (χ0v) is 14.5. The quantitative estimate of drug-likeness (QED) is 0.908. The van der Waals surface area contributed by atoms with Crippen molar-refractivity contribution in [3.63, 3.8) is 0 Å². The molecule has 2 aromatic carbocycles. The first-order valence-electron chi connectivity index (χ1n) is 8.76. The second-order valence-electron chi connectivity index (χ2n) is 6.52. The van der Waals surface area contributed by atoms with Crippen molar-refractivity contribution in [2.45, 2.75) is 26.3 Å². The molecule has 23 heavy (non-hydrogen) atoms. The molecule has 2 atom stereocenters. The number of nitrogens with one attached hydrogen (secondary N) is 1. The van der Waals surface area contributed by atoms with E-state index in [-0.39, 0.29) is 0 Å². The van der Waals surface area contributed by atoms with E-state index in [9.17, 15) is 0 Å². The Morgan fingerprint density at radius 1 is 1.09 bits per heavy atom. The summed E-state index contributed by atoms with van der Waals surface area (Å²) in [5.41, 5.74) is 1.44. The predicted octanol–water partition coefficient (Wildman–Crippen LogP) is 3.84. The van der Waals surface area contributed by atoms with Crippen molar-refractivity contribution in [2.24, 2.45) is 5.92 Å². The molecule has 3 heteroatoms. The molecule has 1 fully saturated rings. The fourth-order valence-electron chi connectivity index (χ4n) is 3.78. The summed E-state index contributed by atoms with van der Waals surface area (Å²) >= 11 is 0. The van der Waals surface area contributed by atoms with Gasteiger partial charge in [0.15, 0.2) is 0 Å². The third-order valence-corrected chi connectivity index (χ3v) is 5.18. The SMILES string of the molecule is CCC(C)[C@H](c1ccc(OC)c2ccccc12)N1CCNCC1. The van der Waals surface area contributed by atoms with Crippen LogP contribution in [-0.2, 0) is 0 Å². The van der Waals surface area contributed by atoms with Gasteiger partial charge in [-0.2, -0.15) is 0 Å². The van der Waals surface area contributed by atoms with Crippen LogP contribution >= 0.6 is 0 Å². The van der Waals surface area contributed by atoms with Crippen LogP contribution < -0.4 is 10.1 Å². The maximum Gasteiger partial charge on any atom is 0.126 e. The molecule has 1 N–H and O–H groups in total. The number of methoxy groups -OCH3 is 1. The number of benzene rings is 2. The Hall–Kier alpha value is -1.58. The summed E-state index contributed by atoms with van der Waals surface area (Å²) in [4.78, 5) is 2.65. The zero-order valence-electron chi connectivity index (χ0n) is 14.5. The first-order valence-corrected chi connectivity index (χ1v) is 8.76. The van der Waals surface area contributed by atoms with Crippen molar-refractivity contribution >= 4 is 10.8 Å². The standard InChI is InChI=1S/C20H28N2O/c1-4-15(2)20(22-13-11-21-12-14-22)18-9-10-19(23-3)17-8-6-5-7-16(17)18/h5-10,15,20-21H,4,11-14H2,1-3H3/t15?,20-/m1/s1. The van der Waals surface area contributed by atoms with E-state index in [1.54, 1.807) is 7.11 Å². The normalized spacial score (nSPS) is 18.7. The van der Waals surface area contributed by atoms with Gasteiger partial charge in [0.1, 0.15) is 5.75 Å². The van der Waals surface area contributed by atoms with Crippen LogP contribution in [0.15, 0.2) is 36.4 Å². The molecule has 0 aliphatic carbocycles. The Bertz CT molecular complexity index is 649. The molecule has 0 radical (unpaired) electrons. The van der Waals surface area contributed by atoms with Gasteiger partial charge in [-0.15, -0.1) is 0 Å².